The predicted octanol–water partition coefficient (Wildman–Crippen LogP) is 4.55. The van der Waals surface area contributed by atoms with Crippen LogP contribution in [0.5, 0.6) is 0 Å². The second-order valence-corrected chi connectivity index (χ2v) is 6.15. The molecule has 1 aliphatic heterocycles. The lowest BCUT2D eigenvalue weighted by molar-refractivity contribution is 0.0870. The fourth-order valence-electron chi connectivity index (χ4n) is 3.64. The maximum atomic E-state index is 13.4. The summed E-state index contributed by atoms with van der Waals surface area (Å²) < 4.78 is 13.4. The van der Waals surface area contributed by atoms with Gasteiger partial charge in [0, 0.05) is 5.54 Å². The molecule has 1 heterocycles. The first-order valence-electron chi connectivity index (χ1n) is 7.25. The highest BCUT2D eigenvalue weighted by molar-refractivity contribution is 6.30. The van der Waals surface area contributed by atoms with E-state index in [4.69, 9.17) is 11.6 Å². The van der Waals surface area contributed by atoms with E-state index in [1.54, 1.807) is 0 Å². The van der Waals surface area contributed by atoms with Crippen LogP contribution in [0, 0.1) is 12.2 Å². The Morgan fingerprint density at radius 2 is 1.95 bits per heavy atom. The monoisotopic (exact) mass is 280 g/mol. The molecule has 1 aromatic rings. The molecule has 1 atom stereocenters. The van der Waals surface area contributed by atoms with Crippen LogP contribution in [0.4, 0.5) is 4.39 Å². The predicted molar refractivity (Wildman–Crippen MR) is 76.7 cm³/mol. The Kier molecular flexibility index (Phi) is 3.81. The summed E-state index contributed by atoms with van der Waals surface area (Å²) in [6, 6.07) is 5.29. The van der Waals surface area contributed by atoms with E-state index in [1.807, 2.05) is 12.1 Å². The summed E-state index contributed by atoms with van der Waals surface area (Å²) in [6.07, 6.45) is 9.57. The van der Waals surface area contributed by atoms with Gasteiger partial charge in [-0.15, -0.1) is 0 Å². The first kappa shape index (κ1) is 13.4. The van der Waals surface area contributed by atoms with Gasteiger partial charge in [0.05, 0.1) is 5.02 Å². The van der Waals surface area contributed by atoms with Crippen LogP contribution in [0.15, 0.2) is 18.2 Å². The van der Waals surface area contributed by atoms with E-state index in [0.717, 1.165) is 25.9 Å². The van der Waals surface area contributed by atoms with Crippen molar-refractivity contribution >= 4 is 11.6 Å². The van der Waals surface area contributed by atoms with Gasteiger partial charge in [-0.2, -0.15) is 0 Å². The largest absolute Gasteiger partial charge is 0.294 e. The Hall–Kier alpha value is -0.600. The van der Waals surface area contributed by atoms with E-state index in [-0.39, 0.29) is 16.4 Å². The lowest BCUT2D eigenvalue weighted by Gasteiger charge is -2.45. The number of hydrogen-bond acceptors (Lipinski definition) is 1. The van der Waals surface area contributed by atoms with Gasteiger partial charge in [-0.1, -0.05) is 30.5 Å². The average Bonchev–Trinajstić information content (AvgIpc) is 2.97. The molecule has 0 amide bonds. The lowest BCUT2D eigenvalue weighted by Crippen LogP contribution is -2.46. The van der Waals surface area contributed by atoms with E-state index in [9.17, 15) is 4.39 Å². The fraction of sp³-hybridized carbons (Fsp3) is 0.562. The van der Waals surface area contributed by atoms with Gasteiger partial charge >= 0.3 is 0 Å². The molecular weight excluding hydrogens is 261 g/mol. The minimum atomic E-state index is -0.318. The van der Waals surface area contributed by atoms with Crippen LogP contribution < -0.4 is 0 Å². The molecule has 0 spiro atoms. The van der Waals surface area contributed by atoms with Crippen molar-refractivity contribution in [1.29, 1.82) is 0 Å². The van der Waals surface area contributed by atoms with Crippen LogP contribution in [-0.4, -0.2) is 18.0 Å². The number of rotatable bonds is 2. The molecule has 0 bridgehead atoms. The van der Waals surface area contributed by atoms with Crippen LogP contribution in [0.1, 0.15) is 44.1 Å². The van der Waals surface area contributed by atoms with Crippen molar-refractivity contribution in [1.82, 2.24) is 4.90 Å². The standard InChI is InChI=1S/C16H20ClFN/c17-14-12-13(6-7-15(14)18)16(8-2-1-3-9-16)19-10-4-5-11-19/h2,6-7,12H,1,3-5,8-11H2. The molecule has 1 saturated carbocycles. The zero-order valence-electron chi connectivity index (χ0n) is 11.2. The van der Waals surface area contributed by atoms with Crippen molar-refractivity contribution in [3.63, 3.8) is 0 Å². The van der Waals surface area contributed by atoms with Gasteiger partial charge in [0.2, 0.25) is 0 Å². The Morgan fingerprint density at radius 1 is 1.16 bits per heavy atom. The van der Waals surface area contributed by atoms with Crippen LogP contribution in [0.3, 0.4) is 0 Å². The number of likely N-dealkylation sites (tertiary alicyclic amines) is 1. The Balaban J connectivity index is 1.99. The van der Waals surface area contributed by atoms with Crippen molar-refractivity contribution in [3.8, 4) is 0 Å². The highest BCUT2D eigenvalue weighted by Crippen LogP contribution is 2.44. The number of halogens is 2. The molecule has 1 unspecified atom stereocenters. The van der Waals surface area contributed by atoms with Crippen molar-refractivity contribution in [2.24, 2.45) is 0 Å². The highest BCUT2D eigenvalue weighted by atomic mass is 35.5. The molecule has 0 N–H and O–H groups in total. The van der Waals surface area contributed by atoms with Crippen molar-refractivity contribution in [2.75, 3.05) is 13.1 Å². The van der Waals surface area contributed by atoms with Crippen molar-refractivity contribution in [3.05, 3.63) is 41.0 Å². The first-order valence-corrected chi connectivity index (χ1v) is 7.62. The molecule has 3 rings (SSSR count). The number of nitrogens with zero attached hydrogens (tertiary/aromatic N) is 1. The van der Waals surface area contributed by atoms with E-state index in [2.05, 4.69) is 11.3 Å². The quantitative estimate of drug-likeness (QED) is 0.768. The first-order chi connectivity index (χ1) is 9.22. The molecule has 1 aliphatic carbocycles. The number of hydrogen-bond donors (Lipinski definition) is 0. The summed E-state index contributed by atoms with van der Waals surface area (Å²) in [5.41, 5.74) is 1.25. The van der Waals surface area contributed by atoms with Gasteiger partial charge in [0.25, 0.3) is 0 Å². The Labute approximate surface area is 119 Å². The Bertz CT molecular complexity index is 448. The average molecular weight is 281 g/mol. The van der Waals surface area contributed by atoms with E-state index in [1.165, 1.54) is 37.3 Å². The topological polar surface area (TPSA) is 3.24 Å². The van der Waals surface area contributed by atoms with E-state index in [0.29, 0.717) is 0 Å². The molecule has 1 saturated heterocycles. The van der Waals surface area contributed by atoms with Crippen LogP contribution in [-0.2, 0) is 5.54 Å². The van der Waals surface area contributed by atoms with Crippen LogP contribution in [0.25, 0.3) is 0 Å². The lowest BCUT2D eigenvalue weighted by atomic mass is 9.75. The molecule has 19 heavy (non-hydrogen) atoms. The maximum absolute atomic E-state index is 13.4. The van der Waals surface area contributed by atoms with E-state index >= 15 is 0 Å². The molecule has 1 radical (unpaired) electrons. The van der Waals surface area contributed by atoms with Crippen LogP contribution in [0.2, 0.25) is 5.02 Å². The minimum Gasteiger partial charge on any atom is -0.294 e. The minimum absolute atomic E-state index is 0.0616. The van der Waals surface area contributed by atoms with Gasteiger partial charge in [0.15, 0.2) is 0 Å². The summed E-state index contributed by atoms with van der Waals surface area (Å²) >= 11 is 6.00. The zero-order chi connectivity index (χ0) is 13.3. The second-order valence-electron chi connectivity index (χ2n) is 5.74. The third kappa shape index (κ3) is 2.41. The molecule has 1 nitrogen and oxygen atoms in total. The molecular formula is C16H20ClFN. The molecule has 1 aromatic carbocycles. The maximum Gasteiger partial charge on any atom is 0.141 e. The second kappa shape index (κ2) is 5.41. The van der Waals surface area contributed by atoms with Crippen LogP contribution >= 0.6 is 11.6 Å². The normalized spacial score (nSPS) is 23.7. The SMILES string of the molecule is Fc1ccc(C2(N3CCCC3)C[CH]CCC2)cc1Cl. The molecule has 2 fully saturated rings. The molecule has 3 heteroatoms. The van der Waals surface area contributed by atoms with Gasteiger partial charge in [-0.3, -0.25) is 4.90 Å². The fourth-order valence-corrected chi connectivity index (χ4v) is 3.83. The summed E-state index contributed by atoms with van der Waals surface area (Å²) in [5.74, 6) is -0.318. The summed E-state index contributed by atoms with van der Waals surface area (Å²) in [7, 11) is 0. The summed E-state index contributed by atoms with van der Waals surface area (Å²) in [5, 5.41) is 0.252. The Morgan fingerprint density at radius 3 is 2.58 bits per heavy atom. The molecule has 0 aromatic heterocycles. The third-order valence-electron chi connectivity index (χ3n) is 4.65. The van der Waals surface area contributed by atoms with Crippen molar-refractivity contribution < 1.29 is 4.39 Å². The summed E-state index contributed by atoms with van der Waals surface area (Å²) in [4.78, 5) is 2.59. The van der Waals surface area contributed by atoms with Gasteiger partial charge in [-0.25, -0.2) is 4.39 Å². The van der Waals surface area contributed by atoms with Gasteiger partial charge < -0.3 is 0 Å². The van der Waals surface area contributed by atoms with Gasteiger partial charge in [0.1, 0.15) is 5.82 Å². The number of benzene rings is 1. The van der Waals surface area contributed by atoms with E-state index < -0.39 is 0 Å². The highest BCUT2D eigenvalue weighted by Gasteiger charge is 2.40. The summed E-state index contributed by atoms with van der Waals surface area (Å²) in [6.45, 7) is 2.31. The smallest absolute Gasteiger partial charge is 0.141 e. The third-order valence-corrected chi connectivity index (χ3v) is 4.94. The zero-order valence-corrected chi connectivity index (χ0v) is 11.9. The molecule has 2 aliphatic rings. The molecule has 103 valence electrons. The van der Waals surface area contributed by atoms with Crippen molar-refractivity contribution in [2.45, 2.75) is 44.1 Å². The van der Waals surface area contributed by atoms with Gasteiger partial charge in [-0.05, 0) is 62.9 Å².